The van der Waals surface area contributed by atoms with E-state index in [2.05, 4.69) is 24.3 Å². The number of hydrogen-bond acceptors (Lipinski definition) is 4. The van der Waals surface area contributed by atoms with Crippen LogP contribution in [0.25, 0.3) is 0 Å². The van der Waals surface area contributed by atoms with Crippen LogP contribution in [0.4, 0.5) is 0 Å². The fourth-order valence-electron chi connectivity index (χ4n) is 6.45. The quantitative estimate of drug-likeness (QED) is 0.531. The highest BCUT2D eigenvalue weighted by Gasteiger charge is 2.61. The normalized spacial score (nSPS) is 29.1. The molecule has 2 saturated carbocycles. The fourth-order valence-corrected chi connectivity index (χ4v) is 6.45. The molecule has 2 bridgehead atoms. The van der Waals surface area contributed by atoms with Crippen LogP contribution >= 0.6 is 0 Å². The molecule has 3 aliphatic carbocycles. The van der Waals surface area contributed by atoms with E-state index >= 15 is 0 Å². The summed E-state index contributed by atoms with van der Waals surface area (Å²) in [5.41, 5.74) is 3.85. The van der Waals surface area contributed by atoms with Gasteiger partial charge in [0.2, 0.25) is 0 Å². The van der Waals surface area contributed by atoms with Gasteiger partial charge in [0, 0.05) is 11.8 Å². The maximum atomic E-state index is 13.0. The molecule has 6 rings (SSSR count). The standard InChI is InChI=1S/C29H26O4/c30-28(18-9-3-1-4-10-18)32-26-24-17-25(27(26)33-29(31)19-11-5-2-6-12-19)23-16-21-14-8-7-13-20(21)15-22(23)24/h1-14,22-27H,15-17H2. The summed E-state index contributed by atoms with van der Waals surface area (Å²) in [6.07, 6.45) is 2.10. The number of fused-ring (bicyclic) bond motifs is 6. The molecule has 0 aromatic heterocycles. The third-order valence-corrected chi connectivity index (χ3v) is 7.90. The minimum Gasteiger partial charge on any atom is -0.455 e. The van der Waals surface area contributed by atoms with Crippen molar-refractivity contribution in [1.29, 1.82) is 0 Å². The Labute approximate surface area is 193 Å². The number of carbonyl (C=O) groups is 2. The van der Waals surface area contributed by atoms with Crippen molar-refractivity contribution in [2.24, 2.45) is 23.7 Å². The molecular weight excluding hydrogens is 412 g/mol. The Balaban J connectivity index is 1.30. The van der Waals surface area contributed by atoms with Crippen LogP contribution in [-0.2, 0) is 22.3 Å². The van der Waals surface area contributed by atoms with Crippen LogP contribution in [0.1, 0.15) is 38.3 Å². The van der Waals surface area contributed by atoms with Gasteiger partial charge in [-0.1, -0.05) is 60.7 Å². The molecule has 6 unspecified atom stereocenters. The van der Waals surface area contributed by atoms with Crippen molar-refractivity contribution in [2.75, 3.05) is 0 Å². The molecule has 33 heavy (non-hydrogen) atoms. The molecule has 0 spiro atoms. The lowest BCUT2D eigenvalue weighted by atomic mass is 9.67. The number of carbonyl (C=O) groups excluding carboxylic acids is 2. The number of hydrogen-bond donors (Lipinski definition) is 0. The van der Waals surface area contributed by atoms with Crippen LogP contribution in [-0.4, -0.2) is 24.1 Å². The molecule has 4 nitrogen and oxygen atoms in total. The van der Waals surface area contributed by atoms with E-state index < -0.39 is 12.2 Å². The Hall–Kier alpha value is -3.40. The summed E-state index contributed by atoms with van der Waals surface area (Å²) in [5, 5.41) is 0. The Morgan fingerprint density at radius 3 is 1.36 bits per heavy atom. The molecule has 0 amide bonds. The second-order valence-corrected chi connectivity index (χ2v) is 9.54. The smallest absolute Gasteiger partial charge is 0.338 e. The van der Waals surface area contributed by atoms with Gasteiger partial charge >= 0.3 is 11.9 Å². The van der Waals surface area contributed by atoms with Gasteiger partial charge in [0.15, 0.2) is 0 Å². The van der Waals surface area contributed by atoms with Crippen molar-refractivity contribution in [2.45, 2.75) is 31.5 Å². The summed E-state index contributed by atoms with van der Waals surface area (Å²) in [4.78, 5) is 25.9. The summed E-state index contributed by atoms with van der Waals surface area (Å²) < 4.78 is 12.2. The van der Waals surface area contributed by atoms with Gasteiger partial charge in [0.1, 0.15) is 12.2 Å². The van der Waals surface area contributed by atoms with Crippen molar-refractivity contribution in [3.05, 3.63) is 107 Å². The van der Waals surface area contributed by atoms with E-state index in [-0.39, 0.29) is 23.8 Å². The van der Waals surface area contributed by atoms with Gasteiger partial charge in [-0.2, -0.15) is 0 Å². The van der Waals surface area contributed by atoms with E-state index in [0.29, 0.717) is 23.0 Å². The van der Waals surface area contributed by atoms with Gasteiger partial charge in [-0.25, -0.2) is 9.59 Å². The Kier molecular flexibility index (Phi) is 5.01. The number of ether oxygens (including phenoxy) is 2. The summed E-state index contributed by atoms with van der Waals surface area (Å²) in [7, 11) is 0. The van der Waals surface area contributed by atoms with E-state index in [4.69, 9.17) is 9.47 Å². The molecule has 0 radical (unpaired) electrons. The maximum Gasteiger partial charge on any atom is 0.338 e. The molecule has 6 atom stereocenters. The molecule has 3 aliphatic rings. The van der Waals surface area contributed by atoms with Gasteiger partial charge in [-0.05, 0) is 66.5 Å². The number of esters is 2. The Morgan fingerprint density at radius 2 is 0.939 bits per heavy atom. The molecular formula is C29H26O4. The monoisotopic (exact) mass is 438 g/mol. The number of rotatable bonds is 4. The lowest BCUT2D eigenvalue weighted by Gasteiger charge is -2.42. The topological polar surface area (TPSA) is 52.6 Å². The first-order valence-corrected chi connectivity index (χ1v) is 11.8. The zero-order valence-electron chi connectivity index (χ0n) is 18.3. The molecule has 0 saturated heterocycles. The summed E-state index contributed by atoms with van der Waals surface area (Å²) >= 11 is 0. The predicted octanol–water partition coefficient (Wildman–Crippen LogP) is 5.12. The molecule has 4 heteroatoms. The first-order chi connectivity index (χ1) is 16.2. The SMILES string of the molecule is O=C(OC1C2CC(C3Cc4ccccc4CC32)C1OC(=O)c1ccccc1)c1ccccc1. The first kappa shape index (κ1) is 20.2. The molecule has 0 N–H and O–H groups in total. The molecule has 2 fully saturated rings. The van der Waals surface area contributed by atoms with Crippen molar-refractivity contribution >= 4 is 11.9 Å². The van der Waals surface area contributed by atoms with Crippen LogP contribution in [0, 0.1) is 23.7 Å². The van der Waals surface area contributed by atoms with Gasteiger partial charge in [0.25, 0.3) is 0 Å². The average Bonchev–Trinajstić information content (AvgIpc) is 3.40. The predicted molar refractivity (Wildman–Crippen MR) is 124 cm³/mol. The number of benzene rings is 3. The third-order valence-electron chi connectivity index (χ3n) is 7.90. The van der Waals surface area contributed by atoms with Gasteiger partial charge in [-0.3, -0.25) is 0 Å². The molecule has 0 aliphatic heterocycles. The average molecular weight is 439 g/mol. The highest BCUT2D eigenvalue weighted by molar-refractivity contribution is 5.90. The summed E-state index contributed by atoms with van der Waals surface area (Å²) in [5.74, 6) is 0.614. The van der Waals surface area contributed by atoms with Crippen LogP contribution in [0.15, 0.2) is 84.9 Å². The van der Waals surface area contributed by atoms with E-state index in [0.717, 1.165) is 19.3 Å². The largest absolute Gasteiger partial charge is 0.455 e. The Morgan fingerprint density at radius 1 is 0.545 bits per heavy atom. The molecule has 3 aromatic rings. The van der Waals surface area contributed by atoms with Crippen molar-refractivity contribution < 1.29 is 19.1 Å². The molecule has 3 aromatic carbocycles. The van der Waals surface area contributed by atoms with Gasteiger partial charge in [0.05, 0.1) is 11.1 Å². The van der Waals surface area contributed by atoms with Crippen molar-refractivity contribution in [3.63, 3.8) is 0 Å². The first-order valence-electron chi connectivity index (χ1n) is 11.8. The third kappa shape index (κ3) is 3.54. The Bertz CT molecular complexity index is 1080. The van der Waals surface area contributed by atoms with Gasteiger partial charge in [-0.15, -0.1) is 0 Å². The van der Waals surface area contributed by atoms with Crippen molar-refractivity contribution in [1.82, 2.24) is 0 Å². The lowest BCUT2D eigenvalue weighted by molar-refractivity contribution is -0.0823. The van der Waals surface area contributed by atoms with Crippen LogP contribution in [0.5, 0.6) is 0 Å². The van der Waals surface area contributed by atoms with Crippen molar-refractivity contribution in [3.8, 4) is 0 Å². The van der Waals surface area contributed by atoms with E-state index in [1.807, 2.05) is 36.4 Å². The van der Waals surface area contributed by atoms with Crippen LogP contribution in [0.2, 0.25) is 0 Å². The van der Waals surface area contributed by atoms with Crippen LogP contribution < -0.4 is 0 Å². The minimum absolute atomic E-state index is 0.203. The second kappa shape index (κ2) is 8.18. The van der Waals surface area contributed by atoms with Gasteiger partial charge < -0.3 is 9.47 Å². The zero-order chi connectivity index (χ0) is 22.4. The van der Waals surface area contributed by atoms with E-state index in [9.17, 15) is 9.59 Å². The minimum atomic E-state index is -0.415. The zero-order valence-corrected chi connectivity index (χ0v) is 18.3. The van der Waals surface area contributed by atoms with E-state index in [1.54, 1.807) is 24.3 Å². The summed E-state index contributed by atoms with van der Waals surface area (Å²) in [6.45, 7) is 0. The fraction of sp³-hybridized carbons (Fsp3) is 0.310. The highest BCUT2D eigenvalue weighted by atomic mass is 16.6. The highest BCUT2D eigenvalue weighted by Crippen LogP contribution is 2.58. The second-order valence-electron chi connectivity index (χ2n) is 9.54. The lowest BCUT2D eigenvalue weighted by Crippen LogP contribution is -2.48. The maximum absolute atomic E-state index is 13.0. The van der Waals surface area contributed by atoms with Crippen LogP contribution in [0.3, 0.4) is 0 Å². The van der Waals surface area contributed by atoms with E-state index in [1.165, 1.54) is 11.1 Å². The molecule has 0 heterocycles. The summed E-state index contributed by atoms with van der Waals surface area (Å²) in [6, 6.07) is 26.8. The molecule has 166 valence electrons.